The van der Waals surface area contributed by atoms with Crippen LogP contribution in [-0.2, 0) is 18.2 Å². The molecular weight excluding hydrogens is 614 g/mol. The number of pyridine rings is 3. The number of hydrogen-bond acceptors (Lipinski definition) is 8. The summed E-state index contributed by atoms with van der Waals surface area (Å²) >= 11 is 0. The van der Waals surface area contributed by atoms with E-state index in [0.717, 1.165) is 89.8 Å². The van der Waals surface area contributed by atoms with Crippen LogP contribution in [0.5, 0.6) is 11.6 Å². The molecule has 4 aromatic heterocycles. The first-order valence-electron chi connectivity index (χ1n) is 17.0. The summed E-state index contributed by atoms with van der Waals surface area (Å²) < 4.78 is 20.6. The number of benzene rings is 2. The summed E-state index contributed by atoms with van der Waals surface area (Å²) in [5.41, 5.74) is 8.45. The minimum absolute atomic E-state index is 0.0891. The van der Waals surface area contributed by atoms with E-state index in [9.17, 15) is 4.79 Å². The number of nitrogens with zero attached hydrogens (tertiary/aromatic N) is 5. The van der Waals surface area contributed by atoms with E-state index < -0.39 is 0 Å². The number of hydrogen-bond donors (Lipinski definition) is 0. The van der Waals surface area contributed by atoms with Gasteiger partial charge in [0.2, 0.25) is 5.88 Å². The third-order valence-corrected chi connectivity index (χ3v) is 9.84. The fraction of sp³-hybridized carbons (Fsp3) is 0.300. The number of fused-ring (bicyclic) bond motifs is 3. The van der Waals surface area contributed by atoms with Crippen molar-refractivity contribution in [2.75, 3.05) is 24.6 Å². The minimum atomic E-state index is 0.0891. The molecule has 0 atom stereocenters. The summed E-state index contributed by atoms with van der Waals surface area (Å²) in [6.07, 6.45) is 12.2. The highest BCUT2D eigenvalue weighted by atomic mass is 16.5. The lowest BCUT2D eigenvalue weighted by Crippen LogP contribution is -2.52. The van der Waals surface area contributed by atoms with Crippen LogP contribution in [0.1, 0.15) is 40.9 Å². The Hall–Kier alpha value is -5.28. The van der Waals surface area contributed by atoms with Crippen LogP contribution in [0.3, 0.4) is 0 Å². The number of aryl methyl sites for hydroxylation is 3. The van der Waals surface area contributed by atoms with Crippen molar-refractivity contribution in [1.82, 2.24) is 19.5 Å². The zero-order valence-corrected chi connectivity index (χ0v) is 27.8. The summed E-state index contributed by atoms with van der Waals surface area (Å²) in [4.78, 5) is 26.9. The molecule has 0 radical (unpaired) electrons. The fourth-order valence-electron chi connectivity index (χ4n) is 6.80. The largest absolute Gasteiger partial charge is 0.489 e. The molecule has 9 nitrogen and oxygen atoms in total. The van der Waals surface area contributed by atoms with Gasteiger partial charge in [0.05, 0.1) is 17.8 Å². The molecular formula is C40H39N5O4. The Bertz CT molecular complexity index is 2100. The topological polar surface area (TPSA) is 91.6 Å². The molecule has 49 heavy (non-hydrogen) atoms. The maximum Gasteiger partial charge on any atom is 0.213 e. The Balaban J connectivity index is 0.746. The normalized spacial score (nSPS) is 17.6. The summed E-state index contributed by atoms with van der Waals surface area (Å²) in [5, 5.41) is 2.36. The van der Waals surface area contributed by atoms with E-state index in [2.05, 4.69) is 67.9 Å². The first-order chi connectivity index (χ1) is 24.0. The van der Waals surface area contributed by atoms with E-state index in [1.807, 2.05) is 62.0 Å². The fourth-order valence-corrected chi connectivity index (χ4v) is 6.80. The number of anilines is 1. The molecule has 9 heteroatoms. The lowest BCUT2D eigenvalue weighted by Gasteiger charge is -2.41. The molecule has 0 spiro atoms. The zero-order chi connectivity index (χ0) is 33.3. The van der Waals surface area contributed by atoms with Crippen LogP contribution < -0.4 is 14.4 Å². The lowest BCUT2D eigenvalue weighted by atomic mass is 9.92. The number of carbonyl (C=O) groups excluding carboxylic acids is 1. The Kier molecular flexibility index (Phi) is 8.43. The van der Waals surface area contributed by atoms with Gasteiger partial charge in [-0.3, -0.25) is 14.8 Å². The second-order valence-electron chi connectivity index (χ2n) is 13.2. The van der Waals surface area contributed by atoms with Crippen molar-refractivity contribution in [3.8, 4) is 22.8 Å². The predicted octanol–water partition coefficient (Wildman–Crippen LogP) is 7.13. The molecule has 248 valence electrons. The zero-order valence-electron chi connectivity index (χ0n) is 27.8. The van der Waals surface area contributed by atoms with Crippen LogP contribution in [0, 0.1) is 6.92 Å². The minimum Gasteiger partial charge on any atom is -0.489 e. The number of ether oxygens (including phenoxy) is 3. The van der Waals surface area contributed by atoms with E-state index in [0.29, 0.717) is 12.5 Å². The van der Waals surface area contributed by atoms with Gasteiger partial charge >= 0.3 is 0 Å². The Labute approximate surface area is 285 Å². The van der Waals surface area contributed by atoms with Crippen molar-refractivity contribution in [3.05, 3.63) is 108 Å². The van der Waals surface area contributed by atoms with Gasteiger partial charge in [-0.05, 0) is 79.4 Å². The third kappa shape index (κ3) is 6.46. The van der Waals surface area contributed by atoms with Crippen LogP contribution in [0.25, 0.3) is 32.9 Å². The molecule has 2 fully saturated rings. The van der Waals surface area contributed by atoms with Crippen LogP contribution in [0.15, 0.2) is 91.5 Å². The molecule has 0 unspecified atom stereocenters. The molecule has 0 amide bonds. The van der Waals surface area contributed by atoms with Gasteiger partial charge in [-0.25, -0.2) is 4.98 Å². The summed E-state index contributed by atoms with van der Waals surface area (Å²) in [6, 6.07) is 22.6. The number of rotatable bonds is 12. The van der Waals surface area contributed by atoms with E-state index in [-0.39, 0.29) is 18.3 Å². The second-order valence-corrected chi connectivity index (χ2v) is 13.2. The van der Waals surface area contributed by atoms with Gasteiger partial charge < -0.3 is 23.7 Å². The van der Waals surface area contributed by atoms with Crippen molar-refractivity contribution < 1.29 is 19.0 Å². The number of carbonyl (C=O) groups is 1. The molecule has 5 heterocycles. The highest BCUT2D eigenvalue weighted by Gasteiger charge is 2.33. The maximum atomic E-state index is 11.1. The Morgan fingerprint density at radius 1 is 0.816 bits per heavy atom. The number of aromatic nitrogens is 4. The second kappa shape index (κ2) is 13.3. The quantitative estimate of drug-likeness (QED) is 0.102. The van der Waals surface area contributed by atoms with E-state index >= 15 is 0 Å². The molecule has 8 rings (SSSR count). The molecule has 2 aromatic carbocycles. The summed E-state index contributed by atoms with van der Waals surface area (Å²) in [7, 11) is 2.09. The first-order valence-corrected chi connectivity index (χ1v) is 17.0. The van der Waals surface area contributed by atoms with Crippen molar-refractivity contribution in [1.29, 1.82) is 0 Å². The van der Waals surface area contributed by atoms with Crippen LogP contribution in [-0.4, -0.2) is 63.8 Å². The van der Waals surface area contributed by atoms with Gasteiger partial charge in [0.1, 0.15) is 24.2 Å². The number of aldehydes is 1. The van der Waals surface area contributed by atoms with Gasteiger partial charge in [-0.1, -0.05) is 12.1 Å². The van der Waals surface area contributed by atoms with Crippen molar-refractivity contribution in [2.45, 2.75) is 50.9 Å². The highest BCUT2D eigenvalue weighted by molar-refractivity contribution is 6.08. The van der Waals surface area contributed by atoms with Crippen molar-refractivity contribution >= 4 is 33.8 Å². The molecule has 1 saturated heterocycles. The van der Waals surface area contributed by atoms with Gasteiger partial charge in [0.25, 0.3) is 0 Å². The van der Waals surface area contributed by atoms with E-state index in [1.54, 1.807) is 0 Å². The smallest absolute Gasteiger partial charge is 0.213 e. The van der Waals surface area contributed by atoms with Gasteiger partial charge in [-0.15, -0.1) is 0 Å². The monoisotopic (exact) mass is 653 g/mol. The van der Waals surface area contributed by atoms with Crippen molar-refractivity contribution in [2.24, 2.45) is 7.05 Å². The molecule has 2 aliphatic rings. The maximum absolute atomic E-state index is 11.1. The average Bonchev–Trinajstić information content (AvgIpc) is 3.38. The Morgan fingerprint density at radius 3 is 2.45 bits per heavy atom. The van der Waals surface area contributed by atoms with Crippen molar-refractivity contribution in [3.63, 3.8) is 0 Å². The third-order valence-electron chi connectivity index (χ3n) is 9.84. The van der Waals surface area contributed by atoms with Crippen LogP contribution in [0.2, 0.25) is 0 Å². The van der Waals surface area contributed by atoms with Gasteiger partial charge in [-0.2, -0.15) is 0 Å². The van der Waals surface area contributed by atoms with Crippen LogP contribution >= 0.6 is 0 Å². The average molecular weight is 654 g/mol. The standard InChI is InChI=1S/C40H39N5O4/c1-26-16-31(9-5-29(26)25-46)45-23-35(24-45)47-15-3-4-30-8-10-32(21-42-30)48-33-18-34(19-33)49-40-12-7-28(20-43-40)27-6-11-36-37-22-41-14-13-38(37)44(2)39(36)17-27/h5-14,16-17,20-22,25,33-35H,3-4,15,18-19,23-24H2,1-2H3. The Morgan fingerprint density at radius 2 is 1.67 bits per heavy atom. The van der Waals surface area contributed by atoms with E-state index in [1.165, 1.54) is 16.4 Å². The summed E-state index contributed by atoms with van der Waals surface area (Å²) in [6.45, 7) is 4.44. The predicted molar refractivity (Wildman–Crippen MR) is 191 cm³/mol. The molecule has 1 aliphatic heterocycles. The molecule has 0 bridgehead atoms. The lowest BCUT2D eigenvalue weighted by molar-refractivity contribution is 0.00208. The molecule has 0 N–H and O–H groups in total. The molecule has 6 aromatic rings. The van der Waals surface area contributed by atoms with E-state index in [4.69, 9.17) is 14.2 Å². The van der Waals surface area contributed by atoms with Crippen LogP contribution in [0.4, 0.5) is 5.69 Å². The first kappa shape index (κ1) is 31.0. The summed E-state index contributed by atoms with van der Waals surface area (Å²) in [5.74, 6) is 1.42. The SMILES string of the molecule is Cc1cc(N2CC(OCCCc3ccc(OC4CC(Oc5ccc(-c6ccc7c8cnccc8n(C)c7c6)cn5)C4)cn3)C2)ccc1C=O. The molecule has 1 saturated carbocycles. The molecule has 1 aliphatic carbocycles. The highest BCUT2D eigenvalue weighted by Crippen LogP contribution is 2.33. The van der Waals surface area contributed by atoms with Gasteiger partial charge in [0, 0.05) is 103 Å². The van der Waals surface area contributed by atoms with Gasteiger partial charge in [0.15, 0.2) is 0 Å².